The van der Waals surface area contributed by atoms with Crippen molar-refractivity contribution in [2.45, 2.75) is 24.8 Å². The Kier molecular flexibility index (Phi) is 1.91. The van der Waals surface area contributed by atoms with Crippen LogP contribution in [0.5, 0.6) is 0 Å². The van der Waals surface area contributed by atoms with Gasteiger partial charge in [0, 0.05) is 6.54 Å². The van der Waals surface area contributed by atoms with E-state index in [-0.39, 0.29) is 0 Å². The molecule has 2 aliphatic rings. The molecule has 0 saturated heterocycles. The monoisotopic (exact) mass is 185 g/mol. The molecule has 0 amide bonds. The Balaban J connectivity index is 1.98. The second-order valence-electron chi connectivity index (χ2n) is 4.22. The van der Waals surface area contributed by atoms with Crippen molar-refractivity contribution in [2.75, 3.05) is 6.54 Å². The molecule has 1 heterocycles. The van der Waals surface area contributed by atoms with Gasteiger partial charge in [0.1, 0.15) is 0 Å². The molecule has 14 heavy (non-hydrogen) atoms. The molecule has 72 valence electrons. The van der Waals surface area contributed by atoms with Gasteiger partial charge in [-0.1, -0.05) is 36.4 Å². The average molecular weight is 185 g/mol. The third kappa shape index (κ3) is 1.38. The topological polar surface area (TPSA) is 12.0 Å². The highest BCUT2D eigenvalue weighted by Gasteiger charge is 2.27. The first kappa shape index (κ1) is 8.25. The lowest BCUT2D eigenvalue weighted by Gasteiger charge is -2.14. The molecule has 1 unspecified atom stereocenters. The van der Waals surface area contributed by atoms with Crippen molar-refractivity contribution in [3.63, 3.8) is 0 Å². The van der Waals surface area contributed by atoms with Crippen LogP contribution in [0.3, 0.4) is 0 Å². The van der Waals surface area contributed by atoms with Crippen molar-refractivity contribution in [1.29, 1.82) is 0 Å². The molecule has 0 aromatic heterocycles. The Bertz CT molecular complexity index is 363. The fraction of sp³-hybridized carbons (Fsp3) is 0.385. The first-order chi connectivity index (χ1) is 6.95. The van der Waals surface area contributed by atoms with E-state index in [0.29, 0.717) is 6.04 Å². The Morgan fingerprint density at radius 2 is 1.86 bits per heavy atom. The van der Waals surface area contributed by atoms with Gasteiger partial charge in [0.05, 0.1) is 6.04 Å². The predicted octanol–water partition coefficient (Wildman–Crippen LogP) is 2.76. The molecule has 1 aliphatic heterocycles. The van der Waals surface area contributed by atoms with Crippen LogP contribution in [0.4, 0.5) is 0 Å². The molecular weight excluding hydrogens is 170 g/mol. The van der Waals surface area contributed by atoms with E-state index in [9.17, 15) is 0 Å². The number of rotatable bonds is 2. The van der Waals surface area contributed by atoms with E-state index < -0.39 is 0 Å². The fourth-order valence-electron chi connectivity index (χ4n) is 2.24. The molecule has 0 spiro atoms. The molecule has 1 aromatic carbocycles. The zero-order chi connectivity index (χ0) is 9.38. The van der Waals surface area contributed by atoms with Gasteiger partial charge < -0.3 is 5.32 Å². The summed E-state index contributed by atoms with van der Waals surface area (Å²) in [6.07, 6.45) is 7.26. The summed E-state index contributed by atoms with van der Waals surface area (Å²) < 4.78 is 0. The SMILES string of the molecule is C1=CC(c2ccccc2C2CC2)NC1. The maximum absolute atomic E-state index is 3.48. The summed E-state index contributed by atoms with van der Waals surface area (Å²) in [7, 11) is 0. The van der Waals surface area contributed by atoms with Gasteiger partial charge >= 0.3 is 0 Å². The standard InChI is InChI=1S/C13H15N/c1-2-5-12(13-6-3-9-14-13)11(4-1)10-7-8-10/h1-6,10,13-14H,7-9H2. The van der Waals surface area contributed by atoms with Gasteiger partial charge in [0.15, 0.2) is 0 Å². The highest BCUT2D eigenvalue weighted by atomic mass is 14.9. The van der Waals surface area contributed by atoms with Crippen LogP contribution in [0, 0.1) is 0 Å². The molecule has 1 nitrogen and oxygen atoms in total. The molecule has 1 saturated carbocycles. The summed E-state index contributed by atoms with van der Waals surface area (Å²) in [6.45, 7) is 1.02. The van der Waals surface area contributed by atoms with E-state index >= 15 is 0 Å². The zero-order valence-corrected chi connectivity index (χ0v) is 8.24. The van der Waals surface area contributed by atoms with Crippen LogP contribution < -0.4 is 5.32 Å². The largest absolute Gasteiger partial charge is 0.303 e. The van der Waals surface area contributed by atoms with E-state index in [0.717, 1.165) is 12.5 Å². The lowest BCUT2D eigenvalue weighted by atomic mass is 9.98. The number of hydrogen-bond acceptors (Lipinski definition) is 1. The summed E-state index contributed by atoms with van der Waals surface area (Å²) >= 11 is 0. The fourth-order valence-corrected chi connectivity index (χ4v) is 2.24. The minimum atomic E-state index is 0.465. The van der Waals surface area contributed by atoms with Crippen molar-refractivity contribution in [1.82, 2.24) is 5.32 Å². The van der Waals surface area contributed by atoms with E-state index in [2.05, 4.69) is 41.7 Å². The normalized spacial score (nSPS) is 25.6. The predicted molar refractivity (Wildman–Crippen MR) is 58.3 cm³/mol. The van der Waals surface area contributed by atoms with E-state index in [1.54, 1.807) is 5.56 Å². The highest BCUT2D eigenvalue weighted by Crippen LogP contribution is 2.43. The van der Waals surface area contributed by atoms with E-state index in [4.69, 9.17) is 0 Å². The molecular formula is C13H15N. The minimum Gasteiger partial charge on any atom is -0.303 e. The van der Waals surface area contributed by atoms with Crippen LogP contribution >= 0.6 is 0 Å². The van der Waals surface area contributed by atoms with Gasteiger partial charge in [0.2, 0.25) is 0 Å². The smallest absolute Gasteiger partial charge is 0.0511 e. The minimum absolute atomic E-state index is 0.465. The molecule has 0 radical (unpaired) electrons. The van der Waals surface area contributed by atoms with Crippen molar-refractivity contribution in [3.8, 4) is 0 Å². The first-order valence-corrected chi connectivity index (χ1v) is 5.44. The average Bonchev–Trinajstić information content (AvgIpc) is 2.94. The summed E-state index contributed by atoms with van der Waals surface area (Å²) in [5.41, 5.74) is 3.06. The second-order valence-corrected chi connectivity index (χ2v) is 4.22. The Hall–Kier alpha value is -1.08. The molecule has 0 bridgehead atoms. The van der Waals surface area contributed by atoms with Crippen LogP contribution in [-0.2, 0) is 0 Å². The van der Waals surface area contributed by atoms with Crippen molar-refractivity contribution >= 4 is 0 Å². The maximum Gasteiger partial charge on any atom is 0.0511 e. The van der Waals surface area contributed by atoms with Gasteiger partial charge in [-0.15, -0.1) is 0 Å². The molecule has 1 atom stereocenters. The number of nitrogens with one attached hydrogen (secondary N) is 1. The molecule has 1 aliphatic carbocycles. The van der Waals surface area contributed by atoms with Crippen LogP contribution in [0.2, 0.25) is 0 Å². The molecule has 3 rings (SSSR count). The van der Waals surface area contributed by atoms with Gasteiger partial charge in [-0.25, -0.2) is 0 Å². The third-order valence-corrected chi connectivity index (χ3v) is 3.13. The lowest BCUT2D eigenvalue weighted by Crippen LogP contribution is -2.15. The lowest BCUT2D eigenvalue weighted by molar-refractivity contribution is 0.704. The van der Waals surface area contributed by atoms with Crippen LogP contribution in [0.25, 0.3) is 0 Å². The highest BCUT2D eigenvalue weighted by molar-refractivity contribution is 5.38. The molecule has 1 fully saturated rings. The number of benzene rings is 1. The van der Waals surface area contributed by atoms with Crippen LogP contribution in [0.15, 0.2) is 36.4 Å². The first-order valence-electron chi connectivity index (χ1n) is 5.44. The summed E-state index contributed by atoms with van der Waals surface area (Å²) in [6, 6.07) is 9.33. The van der Waals surface area contributed by atoms with Gasteiger partial charge in [-0.05, 0) is 29.9 Å². The summed E-state index contributed by atoms with van der Waals surface area (Å²) in [5, 5.41) is 3.48. The van der Waals surface area contributed by atoms with Crippen molar-refractivity contribution in [3.05, 3.63) is 47.5 Å². The summed E-state index contributed by atoms with van der Waals surface area (Å²) in [4.78, 5) is 0. The van der Waals surface area contributed by atoms with Crippen LogP contribution in [0.1, 0.15) is 35.9 Å². The second kappa shape index (κ2) is 3.25. The van der Waals surface area contributed by atoms with E-state index in [1.165, 1.54) is 18.4 Å². The third-order valence-electron chi connectivity index (χ3n) is 3.13. The maximum atomic E-state index is 3.48. The van der Waals surface area contributed by atoms with Gasteiger partial charge in [0.25, 0.3) is 0 Å². The summed E-state index contributed by atoms with van der Waals surface area (Å²) in [5.74, 6) is 0.849. The zero-order valence-electron chi connectivity index (χ0n) is 8.24. The van der Waals surface area contributed by atoms with Crippen molar-refractivity contribution < 1.29 is 0 Å². The van der Waals surface area contributed by atoms with Crippen molar-refractivity contribution in [2.24, 2.45) is 0 Å². The Labute approximate surface area is 84.8 Å². The molecule has 1 heteroatoms. The van der Waals surface area contributed by atoms with E-state index in [1.807, 2.05) is 0 Å². The number of hydrogen-bond donors (Lipinski definition) is 1. The Morgan fingerprint density at radius 1 is 1.07 bits per heavy atom. The Morgan fingerprint density at radius 3 is 2.50 bits per heavy atom. The molecule has 1 aromatic rings. The van der Waals surface area contributed by atoms with Gasteiger partial charge in [-0.2, -0.15) is 0 Å². The quantitative estimate of drug-likeness (QED) is 0.699. The molecule has 1 N–H and O–H groups in total. The van der Waals surface area contributed by atoms with Crippen LogP contribution in [-0.4, -0.2) is 6.54 Å². The van der Waals surface area contributed by atoms with Gasteiger partial charge in [-0.3, -0.25) is 0 Å².